The number of halogens is 2. The van der Waals surface area contributed by atoms with Gasteiger partial charge in [0.25, 0.3) is 5.91 Å². The third kappa shape index (κ3) is 4.41. The second kappa shape index (κ2) is 7.88. The number of esters is 1. The first-order valence-corrected chi connectivity index (χ1v) is 7.72. The first-order valence-electron chi connectivity index (χ1n) is 7.72. The van der Waals surface area contributed by atoms with Crippen molar-refractivity contribution in [3.8, 4) is 0 Å². The van der Waals surface area contributed by atoms with Crippen molar-refractivity contribution in [3.05, 3.63) is 70.3 Å². The van der Waals surface area contributed by atoms with E-state index in [0.29, 0.717) is 0 Å². The summed E-state index contributed by atoms with van der Waals surface area (Å²) in [6.45, 7) is 3.90. The molecule has 25 heavy (non-hydrogen) atoms. The highest BCUT2D eigenvalue weighted by Gasteiger charge is 2.24. The lowest BCUT2D eigenvalue weighted by molar-refractivity contribution is -0.142. The average Bonchev–Trinajstić information content (AvgIpc) is 2.59. The van der Waals surface area contributed by atoms with E-state index in [-0.39, 0.29) is 6.42 Å². The molecule has 1 atom stereocenters. The van der Waals surface area contributed by atoms with Crippen molar-refractivity contribution in [1.29, 1.82) is 0 Å². The van der Waals surface area contributed by atoms with Crippen molar-refractivity contribution in [3.63, 3.8) is 0 Å². The molecule has 4 nitrogen and oxygen atoms in total. The van der Waals surface area contributed by atoms with E-state index in [4.69, 9.17) is 4.74 Å². The Morgan fingerprint density at radius 2 is 1.84 bits per heavy atom. The van der Waals surface area contributed by atoms with E-state index in [2.05, 4.69) is 5.32 Å². The summed E-state index contributed by atoms with van der Waals surface area (Å²) in [6.07, 6.45) is 0.177. The van der Waals surface area contributed by atoms with E-state index in [1.165, 1.54) is 13.2 Å². The first-order chi connectivity index (χ1) is 11.8. The molecule has 0 aliphatic heterocycles. The average molecular weight is 347 g/mol. The highest BCUT2D eigenvalue weighted by molar-refractivity contribution is 5.97. The van der Waals surface area contributed by atoms with Gasteiger partial charge in [0.2, 0.25) is 0 Å². The van der Waals surface area contributed by atoms with Crippen molar-refractivity contribution in [2.75, 3.05) is 7.11 Å². The Hall–Kier alpha value is -2.76. The zero-order valence-electron chi connectivity index (χ0n) is 14.2. The Kier molecular flexibility index (Phi) is 5.85. The van der Waals surface area contributed by atoms with Gasteiger partial charge in [-0.2, -0.15) is 0 Å². The molecule has 0 aromatic heterocycles. The van der Waals surface area contributed by atoms with Crippen molar-refractivity contribution >= 4 is 11.9 Å². The van der Waals surface area contributed by atoms with Gasteiger partial charge < -0.3 is 10.1 Å². The summed E-state index contributed by atoms with van der Waals surface area (Å²) < 4.78 is 31.7. The predicted octanol–water partition coefficient (Wildman–Crippen LogP) is 3.10. The van der Waals surface area contributed by atoms with Gasteiger partial charge in [-0.15, -0.1) is 0 Å². The molecule has 2 aromatic carbocycles. The van der Waals surface area contributed by atoms with Crippen LogP contribution in [0.4, 0.5) is 8.78 Å². The van der Waals surface area contributed by atoms with Gasteiger partial charge in [0.1, 0.15) is 6.04 Å². The lowest BCUT2D eigenvalue weighted by Crippen LogP contribution is -2.43. The number of amides is 1. The SMILES string of the molecule is COC(=O)[C@@H](Cc1ccc(C)c(C)c1)NC(=O)c1cccc(F)c1F. The van der Waals surface area contributed by atoms with Gasteiger partial charge in [-0.25, -0.2) is 13.6 Å². The van der Waals surface area contributed by atoms with Crippen LogP contribution in [0.2, 0.25) is 0 Å². The molecule has 0 aliphatic rings. The van der Waals surface area contributed by atoms with Crippen LogP contribution in [-0.4, -0.2) is 25.0 Å². The molecular weight excluding hydrogens is 328 g/mol. The minimum atomic E-state index is -1.25. The Labute approximate surface area is 144 Å². The normalized spacial score (nSPS) is 11.7. The van der Waals surface area contributed by atoms with Crippen LogP contribution in [0.5, 0.6) is 0 Å². The lowest BCUT2D eigenvalue weighted by atomic mass is 10.0. The topological polar surface area (TPSA) is 55.4 Å². The van der Waals surface area contributed by atoms with Crippen LogP contribution in [0.1, 0.15) is 27.0 Å². The van der Waals surface area contributed by atoms with E-state index < -0.39 is 35.1 Å². The maximum Gasteiger partial charge on any atom is 0.328 e. The van der Waals surface area contributed by atoms with Crippen LogP contribution in [-0.2, 0) is 16.0 Å². The molecule has 0 aliphatic carbocycles. The zero-order valence-corrected chi connectivity index (χ0v) is 14.2. The van der Waals surface area contributed by atoms with Crippen LogP contribution in [0.3, 0.4) is 0 Å². The Bertz CT molecular complexity index is 805. The maximum absolute atomic E-state index is 13.8. The number of nitrogens with one attached hydrogen (secondary N) is 1. The number of carbonyl (C=O) groups excluding carboxylic acids is 2. The van der Waals surface area contributed by atoms with E-state index in [1.54, 1.807) is 0 Å². The van der Waals surface area contributed by atoms with Gasteiger partial charge in [0.05, 0.1) is 12.7 Å². The number of aryl methyl sites for hydroxylation is 2. The van der Waals surface area contributed by atoms with Crippen molar-refractivity contribution in [2.24, 2.45) is 0 Å². The Balaban J connectivity index is 2.22. The maximum atomic E-state index is 13.8. The summed E-state index contributed by atoms with van der Waals surface area (Å²) in [4.78, 5) is 24.2. The van der Waals surface area contributed by atoms with Crippen molar-refractivity contribution < 1.29 is 23.1 Å². The fourth-order valence-corrected chi connectivity index (χ4v) is 2.42. The molecular formula is C19H19F2NO3. The summed E-state index contributed by atoms with van der Waals surface area (Å²) in [5.41, 5.74) is 2.50. The van der Waals surface area contributed by atoms with E-state index >= 15 is 0 Å². The summed E-state index contributed by atoms with van der Waals surface area (Å²) in [6, 6.07) is 7.93. The molecule has 0 radical (unpaired) electrons. The minimum Gasteiger partial charge on any atom is -0.467 e. The third-order valence-electron chi connectivity index (χ3n) is 4.00. The van der Waals surface area contributed by atoms with E-state index in [9.17, 15) is 18.4 Å². The molecule has 1 N–H and O–H groups in total. The summed E-state index contributed by atoms with van der Waals surface area (Å²) in [5, 5.41) is 2.41. The number of rotatable bonds is 5. The zero-order chi connectivity index (χ0) is 18.6. The van der Waals surface area contributed by atoms with Crippen LogP contribution < -0.4 is 5.32 Å². The fourth-order valence-electron chi connectivity index (χ4n) is 2.42. The molecule has 0 saturated heterocycles. The van der Waals surface area contributed by atoms with Crippen LogP contribution in [0, 0.1) is 25.5 Å². The second-order valence-corrected chi connectivity index (χ2v) is 5.77. The number of methoxy groups -OCH3 is 1. The molecule has 0 bridgehead atoms. The molecule has 0 heterocycles. The van der Waals surface area contributed by atoms with Gasteiger partial charge in [-0.05, 0) is 42.7 Å². The number of carbonyl (C=O) groups is 2. The van der Waals surface area contributed by atoms with Gasteiger partial charge in [0, 0.05) is 6.42 Å². The molecule has 0 fully saturated rings. The number of benzene rings is 2. The van der Waals surface area contributed by atoms with Crippen LogP contribution in [0.15, 0.2) is 36.4 Å². The summed E-state index contributed by atoms with van der Waals surface area (Å²) >= 11 is 0. The molecule has 0 saturated carbocycles. The smallest absolute Gasteiger partial charge is 0.328 e. The highest BCUT2D eigenvalue weighted by Crippen LogP contribution is 2.14. The predicted molar refractivity (Wildman–Crippen MR) is 89.2 cm³/mol. The number of hydrogen-bond acceptors (Lipinski definition) is 3. The molecule has 2 rings (SSSR count). The molecule has 0 unspecified atom stereocenters. The highest BCUT2D eigenvalue weighted by atomic mass is 19.2. The van der Waals surface area contributed by atoms with Gasteiger partial charge >= 0.3 is 5.97 Å². The molecule has 2 aromatic rings. The number of hydrogen-bond donors (Lipinski definition) is 1. The summed E-state index contributed by atoms with van der Waals surface area (Å²) in [5.74, 6) is -3.93. The quantitative estimate of drug-likeness (QED) is 0.846. The second-order valence-electron chi connectivity index (χ2n) is 5.77. The largest absolute Gasteiger partial charge is 0.467 e. The minimum absolute atomic E-state index is 0.177. The number of ether oxygens (including phenoxy) is 1. The molecule has 0 spiro atoms. The standard InChI is InChI=1S/C19H19F2NO3/c1-11-7-8-13(9-12(11)2)10-16(19(24)25-3)22-18(23)14-5-4-6-15(20)17(14)21/h4-9,16H,10H2,1-3H3,(H,22,23)/t16-/m1/s1. The van der Waals surface area contributed by atoms with E-state index in [1.807, 2.05) is 32.0 Å². The van der Waals surface area contributed by atoms with Crippen LogP contribution in [0.25, 0.3) is 0 Å². The van der Waals surface area contributed by atoms with E-state index in [0.717, 1.165) is 28.8 Å². The monoisotopic (exact) mass is 347 g/mol. The Morgan fingerprint density at radius 3 is 2.48 bits per heavy atom. The van der Waals surface area contributed by atoms with Gasteiger partial charge in [-0.1, -0.05) is 24.3 Å². The first kappa shape index (κ1) is 18.6. The Morgan fingerprint density at radius 1 is 1.12 bits per heavy atom. The van der Waals surface area contributed by atoms with Crippen LogP contribution >= 0.6 is 0 Å². The van der Waals surface area contributed by atoms with Gasteiger partial charge in [-0.3, -0.25) is 4.79 Å². The summed E-state index contributed by atoms with van der Waals surface area (Å²) in [7, 11) is 1.20. The van der Waals surface area contributed by atoms with Crippen molar-refractivity contribution in [2.45, 2.75) is 26.3 Å². The fraction of sp³-hybridized carbons (Fsp3) is 0.263. The molecule has 132 valence electrons. The molecule has 1 amide bonds. The lowest BCUT2D eigenvalue weighted by Gasteiger charge is -2.17. The third-order valence-corrected chi connectivity index (χ3v) is 4.00. The molecule has 6 heteroatoms. The van der Waals surface area contributed by atoms with Crippen molar-refractivity contribution in [1.82, 2.24) is 5.32 Å². The van der Waals surface area contributed by atoms with Gasteiger partial charge in [0.15, 0.2) is 11.6 Å².